The van der Waals surface area contributed by atoms with E-state index >= 15 is 0 Å². The number of ether oxygens (including phenoxy) is 1. The quantitative estimate of drug-likeness (QED) is 0.738. The van der Waals surface area contributed by atoms with Crippen LogP contribution in [0, 0.1) is 17.8 Å². The molecular formula is C24H22O2. The molecule has 0 N–H and O–H groups in total. The first-order valence-electron chi connectivity index (χ1n) is 9.40. The van der Waals surface area contributed by atoms with Gasteiger partial charge in [0.15, 0.2) is 0 Å². The van der Waals surface area contributed by atoms with Gasteiger partial charge in [0.2, 0.25) is 0 Å². The summed E-state index contributed by atoms with van der Waals surface area (Å²) >= 11 is 0. The second-order valence-electron chi connectivity index (χ2n) is 7.65. The molecule has 2 aromatic rings. The van der Waals surface area contributed by atoms with E-state index in [2.05, 4.69) is 66.8 Å². The molecule has 0 radical (unpaired) electrons. The lowest BCUT2D eigenvalue weighted by atomic mass is 9.77. The number of esters is 1. The van der Waals surface area contributed by atoms with Crippen molar-refractivity contribution < 1.29 is 9.53 Å². The van der Waals surface area contributed by atoms with Gasteiger partial charge in [-0.15, -0.1) is 0 Å². The van der Waals surface area contributed by atoms with Crippen LogP contribution in [-0.2, 0) is 9.53 Å². The fourth-order valence-corrected chi connectivity index (χ4v) is 5.53. The highest BCUT2D eigenvalue weighted by Gasteiger charge is 2.55. The number of fused-ring (bicyclic) bond motifs is 4. The number of hydrogen-bond acceptors (Lipinski definition) is 2. The van der Waals surface area contributed by atoms with E-state index in [0.717, 1.165) is 12.0 Å². The maximum absolute atomic E-state index is 12.4. The highest BCUT2D eigenvalue weighted by Crippen LogP contribution is 2.64. The molecule has 26 heavy (non-hydrogen) atoms. The molecule has 3 aliphatic rings. The second kappa shape index (κ2) is 5.98. The van der Waals surface area contributed by atoms with Crippen molar-refractivity contribution in [3.05, 3.63) is 89.0 Å². The molecule has 5 rings (SSSR count). The minimum atomic E-state index is -0.156. The van der Waals surface area contributed by atoms with Crippen molar-refractivity contribution in [2.45, 2.75) is 18.3 Å². The van der Waals surface area contributed by atoms with Gasteiger partial charge in [0, 0.05) is 11.5 Å². The van der Waals surface area contributed by atoms with Crippen molar-refractivity contribution in [1.29, 1.82) is 0 Å². The Hall–Kier alpha value is -2.61. The van der Waals surface area contributed by atoms with Gasteiger partial charge in [-0.25, -0.2) is 4.79 Å². The van der Waals surface area contributed by atoms with Crippen molar-refractivity contribution in [3.8, 4) is 0 Å². The molecule has 0 saturated heterocycles. The van der Waals surface area contributed by atoms with E-state index in [4.69, 9.17) is 4.74 Å². The molecule has 0 heterocycles. The van der Waals surface area contributed by atoms with E-state index in [1.165, 1.54) is 23.8 Å². The predicted octanol–water partition coefficient (Wildman–Crippen LogP) is 4.95. The van der Waals surface area contributed by atoms with Gasteiger partial charge in [0.25, 0.3) is 0 Å². The van der Waals surface area contributed by atoms with E-state index in [0.29, 0.717) is 23.7 Å². The number of benzene rings is 2. The molecule has 1 fully saturated rings. The predicted molar refractivity (Wildman–Crippen MR) is 103 cm³/mol. The Labute approximate surface area is 154 Å². The van der Waals surface area contributed by atoms with Gasteiger partial charge in [-0.3, -0.25) is 0 Å². The van der Waals surface area contributed by atoms with Crippen LogP contribution in [-0.4, -0.2) is 13.1 Å². The zero-order valence-electron chi connectivity index (χ0n) is 14.8. The molecule has 0 aromatic heterocycles. The van der Waals surface area contributed by atoms with Crippen LogP contribution in [0.25, 0.3) is 6.08 Å². The molecular weight excluding hydrogens is 320 g/mol. The number of allylic oxidation sites excluding steroid dienone is 2. The third kappa shape index (κ3) is 2.21. The molecule has 130 valence electrons. The van der Waals surface area contributed by atoms with Crippen molar-refractivity contribution in [1.82, 2.24) is 0 Å². The number of rotatable bonds is 3. The molecule has 0 spiro atoms. The average Bonchev–Trinajstić information content (AvgIpc) is 3.17. The van der Waals surface area contributed by atoms with Gasteiger partial charge < -0.3 is 4.74 Å². The first-order valence-corrected chi connectivity index (χ1v) is 9.40. The third-order valence-corrected chi connectivity index (χ3v) is 6.53. The summed E-state index contributed by atoms with van der Waals surface area (Å²) in [5, 5.41) is 0. The summed E-state index contributed by atoms with van der Waals surface area (Å²) in [5.41, 5.74) is 4.97. The SMILES string of the molecule is COC(=O)C1=CC2c3ccccc3C3C2CC1[C@H]3/C=C/c1ccccc1. The Morgan fingerprint density at radius 3 is 2.54 bits per heavy atom. The minimum absolute atomic E-state index is 0.156. The fourth-order valence-electron chi connectivity index (χ4n) is 5.53. The van der Waals surface area contributed by atoms with E-state index in [9.17, 15) is 4.79 Å². The lowest BCUT2D eigenvalue weighted by Gasteiger charge is -2.27. The molecule has 1 saturated carbocycles. The van der Waals surface area contributed by atoms with Gasteiger partial charge in [0.05, 0.1) is 7.11 Å². The average molecular weight is 342 g/mol. The summed E-state index contributed by atoms with van der Waals surface area (Å²) in [6.07, 6.45) is 7.84. The van der Waals surface area contributed by atoms with Crippen LogP contribution in [0.5, 0.6) is 0 Å². The van der Waals surface area contributed by atoms with E-state index in [-0.39, 0.29) is 11.9 Å². The number of hydrogen-bond donors (Lipinski definition) is 0. The van der Waals surface area contributed by atoms with Crippen LogP contribution in [0.2, 0.25) is 0 Å². The van der Waals surface area contributed by atoms with Crippen molar-refractivity contribution >= 4 is 12.0 Å². The van der Waals surface area contributed by atoms with Gasteiger partial charge in [-0.2, -0.15) is 0 Å². The van der Waals surface area contributed by atoms with Crippen LogP contribution in [0.3, 0.4) is 0 Å². The Kier molecular flexibility index (Phi) is 3.59. The topological polar surface area (TPSA) is 26.3 Å². The van der Waals surface area contributed by atoms with Crippen LogP contribution in [0.4, 0.5) is 0 Å². The molecule has 2 aromatic carbocycles. The van der Waals surface area contributed by atoms with Crippen LogP contribution < -0.4 is 0 Å². The van der Waals surface area contributed by atoms with E-state index in [1.807, 2.05) is 6.07 Å². The Morgan fingerprint density at radius 2 is 1.77 bits per heavy atom. The summed E-state index contributed by atoms with van der Waals surface area (Å²) in [6.45, 7) is 0. The molecule has 3 aliphatic carbocycles. The molecule has 0 aliphatic heterocycles. The lowest BCUT2D eigenvalue weighted by Crippen LogP contribution is -2.22. The lowest BCUT2D eigenvalue weighted by molar-refractivity contribution is -0.137. The number of methoxy groups -OCH3 is 1. The minimum Gasteiger partial charge on any atom is -0.466 e. The van der Waals surface area contributed by atoms with Crippen molar-refractivity contribution in [2.75, 3.05) is 7.11 Å². The highest BCUT2D eigenvalue weighted by molar-refractivity contribution is 5.90. The normalized spacial score (nSPS) is 31.0. The van der Waals surface area contributed by atoms with Gasteiger partial charge in [-0.05, 0) is 46.8 Å². The first kappa shape index (κ1) is 15.6. The maximum atomic E-state index is 12.4. The summed E-state index contributed by atoms with van der Waals surface area (Å²) in [5.74, 6) is 1.92. The zero-order valence-corrected chi connectivity index (χ0v) is 14.8. The molecule has 5 atom stereocenters. The Bertz CT molecular complexity index is 909. The maximum Gasteiger partial charge on any atom is 0.333 e. The monoisotopic (exact) mass is 342 g/mol. The van der Waals surface area contributed by atoms with Gasteiger partial charge >= 0.3 is 5.97 Å². The number of carbonyl (C=O) groups is 1. The van der Waals surface area contributed by atoms with Crippen LogP contribution in [0.15, 0.2) is 72.3 Å². The summed E-state index contributed by atoms with van der Waals surface area (Å²) in [4.78, 5) is 12.4. The van der Waals surface area contributed by atoms with Gasteiger partial charge in [-0.1, -0.05) is 72.8 Å². The molecule has 2 nitrogen and oxygen atoms in total. The third-order valence-electron chi connectivity index (χ3n) is 6.53. The summed E-state index contributed by atoms with van der Waals surface area (Å²) in [6, 6.07) is 19.2. The number of carbonyl (C=O) groups excluding carboxylic acids is 1. The van der Waals surface area contributed by atoms with E-state index < -0.39 is 0 Å². The summed E-state index contributed by atoms with van der Waals surface area (Å²) < 4.78 is 5.12. The second-order valence-corrected chi connectivity index (χ2v) is 7.65. The van der Waals surface area contributed by atoms with Crippen LogP contribution in [0.1, 0.15) is 34.9 Å². The van der Waals surface area contributed by atoms with E-state index in [1.54, 1.807) is 0 Å². The molecule has 0 amide bonds. The molecule has 4 unspecified atom stereocenters. The van der Waals surface area contributed by atoms with Gasteiger partial charge in [0.1, 0.15) is 0 Å². The van der Waals surface area contributed by atoms with Crippen molar-refractivity contribution in [3.63, 3.8) is 0 Å². The largest absolute Gasteiger partial charge is 0.466 e. The molecule has 2 bridgehead atoms. The zero-order chi connectivity index (χ0) is 17.7. The molecule has 2 heteroatoms. The highest BCUT2D eigenvalue weighted by atomic mass is 16.5. The Balaban J connectivity index is 1.60. The Morgan fingerprint density at radius 1 is 1.04 bits per heavy atom. The fraction of sp³-hybridized carbons (Fsp3) is 0.292. The van der Waals surface area contributed by atoms with Crippen LogP contribution >= 0.6 is 0 Å². The summed E-state index contributed by atoms with van der Waals surface area (Å²) in [7, 11) is 1.49. The standard InChI is InChI=1S/C24H22O2/c1-26-24(25)22-14-19-16-9-5-6-10-17(16)23-18(20(22)13-21(19)23)12-11-15-7-3-2-4-8-15/h2-12,14,18-21,23H,13H2,1H3/b12-11+/t18-,19?,20?,21?,23?/m1/s1. The first-order chi connectivity index (χ1) is 12.8. The smallest absolute Gasteiger partial charge is 0.333 e. The van der Waals surface area contributed by atoms with Crippen molar-refractivity contribution in [2.24, 2.45) is 17.8 Å².